The van der Waals surface area contributed by atoms with E-state index in [-0.39, 0.29) is 42.4 Å². The number of rotatable bonds is 5. The molecule has 190 valence electrons. The summed E-state index contributed by atoms with van der Waals surface area (Å²) >= 11 is 0. The average Bonchev–Trinajstić information content (AvgIpc) is 3.13. The first-order chi connectivity index (χ1) is 17.3. The van der Waals surface area contributed by atoms with Crippen LogP contribution in [0.1, 0.15) is 49.4 Å². The third-order valence-corrected chi connectivity index (χ3v) is 7.16. The molecule has 1 N–H and O–H groups in total. The first-order valence-electron chi connectivity index (χ1n) is 12.2. The molecule has 4 atom stereocenters. The number of benzene rings is 1. The van der Waals surface area contributed by atoms with E-state index in [0.29, 0.717) is 18.6 Å². The maximum Gasteiger partial charge on any atom is 0.573 e. The molecule has 5 rings (SSSR count). The zero-order valence-corrected chi connectivity index (χ0v) is 19.6. The molecule has 1 aromatic heterocycles. The predicted molar refractivity (Wildman–Crippen MR) is 125 cm³/mol. The second-order valence-corrected chi connectivity index (χ2v) is 9.39. The fourth-order valence-corrected chi connectivity index (χ4v) is 5.67. The highest BCUT2D eigenvalue weighted by molar-refractivity contribution is 6.12. The smallest absolute Gasteiger partial charge is 0.405 e. The highest BCUT2D eigenvalue weighted by Crippen LogP contribution is 2.44. The van der Waals surface area contributed by atoms with Gasteiger partial charge in [0, 0.05) is 29.6 Å². The number of hydrogen-bond donors (Lipinski definition) is 1. The van der Waals surface area contributed by atoms with Gasteiger partial charge in [0.15, 0.2) is 0 Å². The highest BCUT2D eigenvalue weighted by atomic mass is 19.4. The number of ether oxygens (including phenoxy) is 1. The number of fused-ring (bicyclic) bond motifs is 2. The molecule has 2 aliphatic heterocycles. The van der Waals surface area contributed by atoms with Crippen molar-refractivity contribution in [1.82, 2.24) is 15.2 Å². The van der Waals surface area contributed by atoms with Crippen LogP contribution >= 0.6 is 0 Å². The van der Waals surface area contributed by atoms with Crippen LogP contribution < -0.4 is 10.1 Å². The molecule has 1 unspecified atom stereocenters. The van der Waals surface area contributed by atoms with Crippen molar-refractivity contribution in [3.63, 3.8) is 0 Å². The number of amides is 2. The van der Waals surface area contributed by atoms with Gasteiger partial charge in [-0.1, -0.05) is 37.1 Å². The van der Waals surface area contributed by atoms with Crippen LogP contribution in [0, 0.1) is 5.92 Å². The van der Waals surface area contributed by atoms with Crippen molar-refractivity contribution in [2.75, 3.05) is 6.54 Å². The van der Waals surface area contributed by atoms with Crippen molar-refractivity contribution in [1.29, 1.82) is 0 Å². The number of carbonyl (C=O) groups is 2. The van der Waals surface area contributed by atoms with Crippen LogP contribution in [-0.4, -0.2) is 52.4 Å². The number of aryl methyl sites for hydroxylation is 1. The topological polar surface area (TPSA) is 83.9 Å². The van der Waals surface area contributed by atoms with Crippen molar-refractivity contribution in [2.24, 2.45) is 10.9 Å². The van der Waals surface area contributed by atoms with Crippen molar-refractivity contribution < 1.29 is 27.5 Å². The molecule has 2 aromatic rings. The van der Waals surface area contributed by atoms with Gasteiger partial charge in [-0.25, -0.2) is 0 Å². The minimum absolute atomic E-state index is 0.114. The number of nitrogens with zero attached hydrogens (tertiary/aromatic N) is 3. The Balaban J connectivity index is 1.59. The van der Waals surface area contributed by atoms with E-state index in [9.17, 15) is 22.8 Å². The lowest BCUT2D eigenvalue weighted by Gasteiger charge is -2.42. The van der Waals surface area contributed by atoms with Gasteiger partial charge in [-0.05, 0) is 37.5 Å². The molecule has 1 aromatic carbocycles. The summed E-state index contributed by atoms with van der Waals surface area (Å²) in [5, 5.41) is 2.79. The molecule has 1 saturated carbocycles. The lowest BCUT2D eigenvalue weighted by Crippen LogP contribution is -2.51. The minimum atomic E-state index is -4.92. The van der Waals surface area contributed by atoms with Crippen molar-refractivity contribution in [3.05, 3.63) is 59.9 Å². The molecule has 36 heavy (non-hydrogen) atoms. The Hall–Kier alpha value is -3.43. The van der Waals surface area contributed by atoms with E-state index in [0.717, 1.165) is 25.0 Å². The molecular formula is C26H27F3N4O3. The minimum Gasteiger partial charge on any atom is -0.405 e. The second-order valence-electron chi connectivity index (χ2n) is 9.39. The largest absolute Gasteiger partial charge is 0.573 e. The normalized spacial score (nSPS) is 25.8. The second kappa shape index (κ2) is 9.91. The van der Waals surface area contributed by atoms with E-state index in [1.54, 1.807) is 23.2 Å². The molecule has 3 aliphatic rings. The lowest BCUT2D eigenvalue weighted by molar-refractivity contribution is -0.275. The van der Waals surface area contributed by atoms with Gasteiger partial charge in [-0.15, -0.1) is 13.2 Å². The molecule has 3 heterocycles. The van der Waals surface area contributed by atoms with E-state index in [2.05, 4.69) is 15.0 Å². The highest BCUT2D eigenvalue weighted by Gasteiger charge is 2.50. The zero-order chi connectivity index (χ0) is 25.3. The maximum atomic E-state index is 13.9. The monoisotopic (exact) mass is 500 g/mol. The summed E-state index contributed by atoms with van der Waals surface area (Å²) in [5.41, 5.74) is 1.49. The van der Waals surface area contributed by atoms with E-state index >= 15 is 0 Å². The number of nitrogens with one attached hydrogen (secondary N) is 1. The van der Waals surface area contributed by atoms with E-state index in [1.807, 2.05) is 12.1 Å². The van der Waals surface area contributed by atoms with Crippen LogP contribution in [0.4, 0.5) is 13.2 Å². The number of aliphatic imine (C=N–C) groups is 1. The summed E-state index contributed by atoms with van der Waals surface area (Å²) in [4.78, 5) is 37.8. The van der Waals surface area contributed by atoms with E-state index in [1.165, 1.54) is 18.2 Å². The lowest BCUT2D eigenvalue weighted by atomic mass is 9.85. The van der Waals surface area contributed by atoms with E-state index in [4.69, 9.17) is 4.99 Å². The number of halogens is 3. The molecule has 0 radical (unpaired) electrons. The molecule has 7 nitrogen and oxygen atoms in total. The standard InChI is InChI=1S/C26H27F3N4O3/c27-26(28,29)36-21-11-4-1-8-17(21)24-23-19(15-31-25(23)35)32-18-9-2-3-10-20(18)33(24)22(34)13-12-16-7-5-6-14-30-16/h1,4-8,11,14,18,20,23-24H,2-3,9-10,12-13,15H2,(H,31,35)/t18-,20-,23?,24-/m1/s1. The fourth-order valence-electron chi connectivity index (χ4n) is 5.67. The first-order valence-corrected chi connectivity index (χ1v) is 12.2. The predicted octanol–water partition coefficient (Wildman–Crippen LogP) is 3.99. The molecule has 2 amide bonds. The summed E-state index contributed by atoms with van der Waals surface area (Å²) < 4.78 is 44.4. The van der Waals surface area contributed by atoms with Gasteiger partial charge < -0.3 is 15.0 Å². The summed E-state index contributed by atoms with van der Waals surface area (Å²) in [7, 11) is 0. The van der Waals surface area contributed by atoms with Gasteiger partial charge >= 0.3 is 6.36 Å². The van der Waals surface area contributed by atoms with Crippen LogP contribution in [0.3, 0.4) is 0 Å². The number of alkyl halides is 3. The molecule has 1 saturated heterocycles. The maximum absolute atomic E-state index is 13.9. The summed E-state index contributed by atoms with van der Waals surface area (Å²) in [6.45, 7) is 0.224. The number of carbonyl (C=O) groups excluding carboxylic acids is 2. The molecule has 0 bridgehead atoms. The van der Waals surface area contributed by atoms with Gasteiger partial charge in [0.2, 0.25) is 11.8 Å². The Morgan fingerprint density at radius 2 is 1.89 bits per heavy atom. The van der Waals surface area contributed by atoms with E-state index < -0.39 is 24.1 Å². The SMILES string of the molecule is O=C1NCC2=N[C@@H]3CCCC[C@H]3N(C(=O)CCc3ccccn3)[C@H](c3ccccc3OC(F)(F)F)C12. The molecule has 0 spiro atoms. The quantitative estimate of drug-likeness (QED) is 0.673. The Morgan fingerprint density at radius 3 is 2.67 bits per heavy atom. The van der Waals surface area contributed by atoms with Crippen LogP contribution in [0.5, 0.6) is 5.75 Å². The number of pyridine rings is 1. The van der Waals surface area contributed by atoms with Crippen LogP contribution in [0.25, 0.3) is 0 Å². The number of para-hydroxylation sites is 1. The van der Waals surface area contributed by atoms with Gasteiger partial charge in [-0.3, -0.25) is 19.6 Å². The Labute approximate surface area is 206 Å². The summed E-state index contributed by atoms with van der Waals surface area (Å²) in [6.07, 6.45) is 0.472. The van der Waals surface area contributed by atoms with Gasteiger partial charge in [-0.2, -0.15) is 0 Å². The first kappa shape index (κ1) is 24.3. The molecule has 10 heteroatoms. The third kappa shape index (κ3) is 4.94. The van der Waals surface area contributed by atoms with Gasteiger partial charge in [0.1, 0.15) is 11.7 Å². The molecule has 1 aliphatic carbocycles. The summed E-state index contributed by atoms with van der Waals surface area (Å²) in [6, 6.07) is 9.76. The molecule has 2 fully saturated rings. The summed E-state index contributed by atoms with van der Waals surface area (Å²) in [5.74, 6) is -1.87. The number of hydrogen-bond acceptors (Lipinski definition) is 5. The van der Waals surface area contributed by atoms with Crippen LogP contribution in [0.2, 0.25) is 0 Å². The fraction of sp³-hybridized carbons (Fsp3) is 0.462. The van der Waals surface area contributed by atoms with Crippen molar-refractivity contribution >= 4 is 17.5 Å². The van der Waals surface area contributed by atoms with Crippen molar-refractivity contribution in [3.8, 4) is 5.75 Å². The Morgan fingerprint density at radius 1 is 1.11 bits per heavy atom. The van der Waals surface area contributed by atoms with Crippen LogP contribution in [-0.2, 0) is 16.0 Å². The molecular weight excluding hydrogens is 473 g/mol. The van der Waals surface area contributed by atoms with Crippen LogP contribution in [0.15, 0.2) is 53.7 Å². The number of aromatic nitrogens is 1. The average molecular weight is 501 g/mol. The van der Waals surface area contributed by atoms with Gasteiger partial charge in [0.05, 0.1) is 24.7 Å². The zero-order valence-electron chi connectivity index (χ0n) is 19.6. The Bertz CT molecular complexity index is 1150. The Kier molecular flexibility index (Phi) is 6.68. The van der Waals surface area contributed by atoms with Gasteiger partial charge in [0.25, 0.3) is 0 Å². The van der Waals surface area contributed by atoms with Crippen molar-refractivity contribution in [2.45, 2.75) is 63.0 Å². The third-order valence-electron chi connectivity index (χ3n) is 7.16.